The van der Waals surface area contributed by atoms with Gasteiger partial charge in [-0.3, -0.25) is 29.2 Å². The van der Waals surface area contributed by atoms with Gasteiger partial charge in [0.15, 0.2) is 17.7 Å². The maximum atomic E-state index is 14.8. The monoisotopic (exact) mass is 808 g/mol. The van der Waals surface area contributed by atoms with E-state index in [0.717, 1.165) is 16.5 Å². The minimum absolute atomic E-state index is 0.136. The van der Waals surface area contributed by atoms with E-state index in [1.807, 2.05) is 64.9 Å². The Morgan fingerprint density at radius 1 is 1.00 bits per heavy atom. The van der Waals surface area contributed by atoms with Crippen LogP contribution in [0.1, 0.15) is 80.2 Å². The van der Waals surface area contributed by atoms with E-state index in [4.69, 9.17) is 23.7 Å². The molecule has 58 heavy (non-hydrogen) atoms. The molecule has 0 saturated carbocycles. The number of esters is 1. The number of nitrogens with zero attached hydrogens (tertiary/aromatic N) is 4. The molecule has 320 valence electrons. The molecule has 4 saturated heterocycles. The number of fused-ring (bicyclic) bond motifs is 2. The van der Waals surface area contributed by atoms with E-state index >= 15 is 0 Å². The summed E-state index contributed by atoms with van der Waals surface area (Å²) in [7, 11) is 5.26. The standard InChI is InChI=1S/C44H64N4O10/c1-12-34-44(8)38(48(42(53)58-44)31-22-47(23-31)21-29-15-16-32-30(19-29)14-13-17-45-32)26(4)35(49)24(2)20-43(7,54-11)39(27(5)36(50)28(6)40(52)56-34)57-41-37(51)33(46(9)10)18-25(3)55-41/h13-17,19,24-28,31,33-34,37-39,41,51H,12,18,20-23H2,1-11H3/t24-,25-,26+,27+,28-,33+,34-,37-,38-,39-,41+,43-,44-/m1/s1. The lowest BCUT2D eigenvalue weighted by atomic mass is 9.73. The predicted octanol–water partition coefficient (Wildman–Crippen LogP) is 4.62. The second kappa shape index (κ2) is 17.2. The Morgan fingerprint density at radius 3 is 2.36 bits per heavy atom. The maximum absolute atomic E-state index is 14.8. The molecule has 14 heteroatoms. The van der Waals surface area contributed by atoms with Crippen LogP contribution in [0.5, 0.6) is 0 Å². The van der Waals surface area contributed by atoms with Crippen molar-refractivity contribution in [2.75, 3.05) is 34.3 Å². The number of amides is 1. The highest BCUT2D eigenvalue weighted by Gasteiger charge is 2.62. The van der Waals surface area contributed by atoms with Crippen LogP contribution in [-0.4, -0.2) is 143 Å². The number of hydrogen-bond donors (Lipinski definition) is 1. The first-order valence-electron chi connectivity index (χ1n) is 20.9. The van der Waals surface area contributed by atoms with Crippen LogP contribution < -0.4 is 0 Å². The number of Topliss-reactive ketones (excluding diaryl/α,β-unsaturated/α-hetero) is 2. The van der Waals surface area contributed by atoms with Crippen LogP contribution in [0.15, 0.2) is 36.5 Å². The number of aliphatic hydroxyl groups excluding tert-OH is 1. The molecule has 4 aliphatic heterocycles. The Labute approximate surface area is 342 Å². The highest BCUT2D eigenvalue weighted by Crippen LogP contribution is 2.45. The molecule has 0 aliphatic carbocycles. The van der Waals surface area contributed by atoms with E-state index in [-0.39, 0.29) is 36.8 Å². The average molecular weight is 809 g/mol. The first-order chi connectivity index (χ1) is 27.3. The summed E-state index contributed by atoms with van der Waals surface area (Å²) in [6.07, 6.45) is -2.22. The normalized spacial score (nSPS) is 38.6. The zero-order valence-corrected chi connectivity index (χ0v) is 36.0. The third-order valence-corrected chi connectivity index (χ3v) is 13.5. The number of aromatic nitrogens is 1. The van der Waals surface area contributed by atoms with Gasteiger partial charge in [0.1, 0.15) is 23.9 Å². The molecule has 0 bridgehead atoms. The van der Waals surface area contributed by atoms with E-state index in [1.54, 1.807) is 31.9 Å². The molecule has 13 atom stereocenters. The number of ether oxygens (including phenoxy) is 5. The predicted molar refractivity (Wildman–Crippen MR) is 215 cm³/mol. The molecule has 1 aromatic carbocycles. The lowest BCUT2D eigenvalue weighted by molar-refractivity contribution is -0.295. The van der Waals surface area contributed by atoms with Crippen molar-refractivity contribution in [2.45, 2.75) is 141 Å². The zero-order valence-electron chi connectivity index (χ0n) is 36.0. The number of hydrogen-bond acceptors (Lipinski definition) is 13. The smallest absolute Gasteiger partial charge is 0.411 e. The lowest BCUT2D eigenvalue weighted by Crippen LogP contribution is -2.65. The summed E-state index contributed by atoms with van der Waals surface area (Å²) in [6, 6.07) is 8.83. The fourth-order valence-corrected chi connectivity index (χ4v) is 10.1. The van der Waals surface area contributed by atoms with Crippen molar-refractivity contribution in [1.82, 2.24) is 19.7 Å². The second-order valence-electron chi connectivity index (χ2n) is 18.0. The summed E-state index contributed by atoms with van der Waals surface area (Å²) < 4.78 is 31.4. The zero-order chi connectivity index (χ0) is 42.4. The van der Waals surface area contributed by atoms with Crippen LogP contribution in [-0.2, 0) is 44.6 Å². The van der Waals surface area contributed by atoms with Crippen molar-refractivity contribution in [1.29, 1.82) is 0 Å². The van der Waals surface area contributed by atoms with Gasteiger partial charge in [0.2, 0.25) is 0 Å². The van der Waals surface area contributed by atoms with Crippen LogP contribution in [0.2, 0.25) is 0 Å². The van der Waals surface area contributed by atoms with Gasteiger partial charge in [-0.2, -0.15) is 0 Å². The molecular weight excluding hydrogens is 745 g/mol. The maximum Gasteiger partial charge on any atom is 0.411 e. The van der Waals surface area contributed by atoms with Gasteiger partial charge in [0, 0.05) is 62.1 Å². The number of pyridine rings is 1. The van der Waals surface area contributed by atoms with Gasteiger partial charge in [-0.15, -0.1) is 0 Å². The Bertz CT molecular complexity index is 1840. The number of rotatable bonds is 8. The molecule has 0 spiro atoms. The van der Waals surface area contributed by atoms with Crippen LogP contribution in [0, 0.1) is 23.7 Å². The number of ketones is 2. The topological polar surface area (TPSA) is 157 Å². The van der Waals surface area contributed by atoms with Gasteiger partial charge in [0.05, 0.1) is 35.4 Å². The molecule has 0 unspecified atom stereocenters. The number of carbonyl (C=O) groups excluding carboxylic acids is 4. The molecule has 2 aromatic rings. The van der Waals surface area contributed by atoms with Gasteiger partial charge in [-0.1, -0.05) is 39.8 Å². The lowest BCUT2D eigenvalue weighted by Gasteiger charge is -2.48. The van der Waals surface area contributed by atoms with Gasteiger partial charge < -0.3 is 33.7 Å². The third kappa shape index (κ3) is 8.29. The number of methoxy groups -OCH3 is 1. The molecule has 6 rings (SSSR count). The average Bonchev–Trinajstić information content (AvgIpc) is 3.45. The Kier molecular flexibility index (Phi) is 13.1. The van der Waals surface area contributed by atoms with Crippen LogP contribution in [0.3, 0.4) is 0 Å². The summed E-state index contributed by atoms with van der Waals surface area (Å²) in [5, 5.41) is 12.5. The van der Waals surface area contributed by atoms with E-state index < -0.39 is 83.4 Å². The van der Waals surface area contributed by atoms with Crippen molar-refractivity contribution < 1.29 is 48.0 Å². The number of likely N-dealkylation sites (tertiary alicyclic amines) is 1. The van der Waals surface area contributed by atoms with Crippen molar-refractivity contribution in [3.05, 3.63) is 42.1 Å². The Morgan fingerprint density at radius 2 is 1.71 bits per heavy atom. The SMILES string of the molecule is CC[C@H]1OC(=O)[C@H](C)C(=O)[C@H](C)[C@@H](O[C@@H]2O[C@H](C)C[C@H](N(C)C)[C@H]2O)[C@](C)(OC)C[C@@H](C)C(=O)[C@H](C)[C@H]2N(C3CN(Cc4ccc5ncccc5c4)C3)C(=O)O[C@]12C. The van der Waals surface area contributed by atoms with Crippen LogP contribution in [0.25, 0.3) is 10.9 Å². The van der Waals surface area contributed by atoms with Gasteiger partial charge in [-0.05, 0) is 84.8 Å². The molecule has 0 radical (unpaired) electrons. The van der Waals surface area contributed by atoms with Crippen molar-refractivity contribution >= 4 is 34.5 Å². The molecule has 4 fully saturated rings. The van der Waals surface area contributed by atoms with Crippen LogP contribution in [0.4, 0.5) is 4.79 Å². The first-order valence-corrected chi connectivity index (χ1v) is 20.9. The van der Waals surface area contributed by atoms with Gasteiger partial charge >= 0.3 is 12.1 Å². The summed E-state index contributed by atoms with van der Waals surface area (Å²) >= 11 is 0. The number of cyclic esters (lactones) is 1. The van der Waals surface area contributed by atoms with Crippen molar-refractivity contribution in [3.8, 4) is 0 Å². The minimum atomic E-state index is -1.40. The highest BCUT2D eigenvalue weighted by atomic mass is 16.7. The van der Waals surface area contributed by atoms with E-state index in [1.165, 1.54) is 14.0 Å². The minimum Gasteiger partial charge on any atom is -0.458 e. The highest BCUT2D eigenvalue weighted by molar-refractivity contribution is 6.00. The van der Waals surface area contributed by atoms with Crippen molar-refractivity contribution in [3.63, 3.8) is 0 Å². The largest absolute Gasteiger partial charge is 0.458 e. The molecule has 1 aromatic heterocycles. The van der Waals surface area contributed by atoms with Gasteiger partial charge in [0.25, 0.3) is 0 Å². The molecule has 1 N–H and O–H groups in total. The Balaban J connectivity index is 1.31. The van der Waals surface area contributed by atoms with E-state index in [2.05, 4.69) is 22.0 Å². The molecular formula is C44H64N4O10. The fourth-order valence-electron chi connectivity index (χ4n) is 10.1. The molecule has 4 aliphatic rings. The van der Waals surface area contributed by atoms with Crippen LogP contribution >= 0.6 is 0 Å². The quantitative estimate of drug-likeness (QED) is 0.291. The van der Waals surface area contributed by atoms with Gasteiger partial charge in [-0.25, -0.2) is 4.79 Å². The Hall–Kier alpha value is -3.53. The second-order valence-corrected chi connectivity index (χ2v) is 18.0. The summed E-state index contributed by atoms with van der Waals surface area (Å²) in [5.74, 6) is -4.90. The van der Waals surface area contributed by atoms with E-state index in [0.29, 0.717) is 26.1 Å². The van der Waals surface area contributed by atoms with Crippen molar-refractivity contribution in [2.24, 2.45) is 23.7 Å². The fraction of sp³-hybridized carbons (Fsp3) is 0.705. The number of carbonyl (C=O) groups is 4. The summed E-state index contributed by atoms with van der Waals surface area (Å²) in [4.78, 5) is 67.5. The summed E-state index contributed by atoms with van der Waals surface area (Å²) in [6.45, 7) is 15.9. The van der Waals surface area contributed by atoms with E-state index in [9.17, 15) is 24.3 Å². The molecule has 5 heterocycles. The summed E-state index contributed by atoms with van der Waals surface area (Å²) in [5.41, 5.74) is -0.616. The number of benzene rings is 1. The third-order valence-electron chi connectivity index (χ3n) is 13.5. The molecule has 1 amide bonds. The first kappa shape index (κ1) is 44.0. The number of likely N-dealkylation sites (N-methyl/N-ethyl adjacent to an activating group) is 1. The number of aliphatic hydroxyl groups is 1. The molecule has 14 nitrogen and oxygen atoms in total.